The van der Waals surface area contributed by atoms with Gasteiger partial charge in [-0.25, -0.2) is 0 Å². The molecule has 214 valence electrons. The third-order valence-corrected chi connectivity index (χ3v) is 8.64. The van der Waals surface area contributed by atoms with Crippen molar-refractivity contribution < 1.29 is 0 Å². The van der Waals surface area contributed by atoms with Crippen molar-refractivity contribution in [3.05, 3.63) is 181 Å². The van der Waals surface area contributed by atoms with Crippen molar-refractivity contribution in [2.24, 2.45) is 0 Å². The van der Waals surface area contributed by atoms with E-state index in [9.17, 15) is 0 Å². The predicted octanol–water partition coefficient (Wildman–Crippen LogP) is 11.9. The summed E-state index contributed by atoms with van der Waals surface area (Å²) in [6.45, 7) is 2.15. The van der Waals surface area contributed by atoms with Gasteiger partial charge in [0.2, 0.25) is 0 Å². The van der Waals surface area contributed by atoms with Crippen LogP contribution >= 0.6 is 0 Å². The first kappa shape index (κ1) is 26.7. The molecule has 0 bridgehead atoms. The molecule has 0 radical (unpaired) electrons. The van der Waals surface area contributed by atoms with Gasteiger partial charge in [0, 0.05) is 33.5 Å². The van der Waals surface area contributed by atoms with Gasteiger partial charge < -0.3 is 9.47 Å². The molecule has 1 aromatic heterocycles. The first-order chi connectivity index (χ1) is 22.2. The molecule has 2 nitrogen and oxygen atoms in total. The van der Waals surface area contributed by atoms with Crippen LogP contribution in [0.15, 0.2) is 176 Å². The topological polar surface area (TPSA) is 8.17 Å². The van der Waals surface area contributed by atoms with Gasteiger partial charge in [-0.3, -0.25) is 0 Å². The number of fused-ring (bicyclic) bond motifs is 3. The summed E-state index contributed by atoms with van der Waals surface area (Å²) in [6.07, 6.45) is 0. The van der Waals surface area contributed by atoms with E-state index in [1.165, 1.54) is 55.3 Å². The largest absolute Gasteiger partial charge is 0.310 e. The molecule has 45 heavy (non-hydrogen) atoms. The van der Waals surface area contributed by atoms with Crippen LogP contribution in [0.4, 0.5) is 17.1 Å². The predicted molar refractivity (Wildman–Crippen MR) is 191 cm³/mol. The molecule has 0 aliphatic carbocycles. The molecule has 2 heteroatoms. The summed E-state index contributed by atoms with van der Waals surface area (Å²) in [7, 11) is 0. The fraction of sp³-hybridized carbons (Fsp3) is 0.0233. The third-order valence-electron chi connectivity index (χ3n) is 8.64. The third kappa shape index (κ3) is 4.97. The Morgan fingerprint density at radius 1 is 0.378 bits per heavy atom. The zero-order valence-electron chi connectivity index (χ0n) is 25.1. The van der Waals surface area contributed by atoms with Gasteiger partial charge in [-0.1, -0.05) is 109 Å². The Bertz CT molecular complexity index is 2250. The zero-order chi connectivity index (χ0) is 30.2. The fourth-order valence-corrected chi connectivity index (χ4v) is 6.46. The zero-order valence-corrected chi connectivity index (χ0v) is 25.1. The number of aryl methyl sites for hydroxylation is 1. The number of benzene rings is 7. The second kappa shape index (κ2) is 11.3. The van der Waals surface area contributed by atoms with E-state index in [0.717, 1.165) is 17.1 Å². The lowest BCUT2D eigenvalue weighted by Crippen LogP contribution is -2.10. The maximum Gasteiger partial charge on any atom is 0.0541 e. The van der Waals surface area contributed by atoms with Crippen molar-refractivity contribution in [1.29, 1.82) is 0 Å². The van der Waals surface area contributed by atoms with E-state index in [2.05, 4.69) is 192 Å². The van der Waals surface area contributed by atoms with Crippen LogP contribution in [0, 0.1) is 6.92 Å². The van der Waals surface area contributed by atoms with Crippen molar-refractivity contribution in [2.45, 2.75) is 6.92 Å². The molecule has 0 amide bonds. The number of rotatable bonds is 6. The second-order valence-electron chi connectivity index (χ2n) is 11.6. The number of anilines is 3. The van der Waals surface area contributed by atoms with Crippen molar-refractivity contribution in [3.63, 3.8) is 0 Å². The minimum absolute atomic E-state index is 1.12. The first-order valence-corrected chi connectivity index (χ1v) is 15.4. The van der Waals surface area contributed by atoms with E-state index in [4.69, 9.17) is 0 Å². The van der Waals surface area contributed by atoms with Gasteiger partial charge in [0.1, 0.15) is 0 Å². The average Bonchev–Trinajstić information content (AvgIpc) is 3.44. The highest BCUT2D eigenvalue weighted by molar-refractivity contribution is 6.10. The summed E-state index contributed by atoms with van der Waals surface area (Å²) < 4.78 is 2.36. The lowest BCUT2D eigenvalue weighted by atomic mass is 10.0. The molecule has 0 fully saturated rings. The van der Waals surface area contributed by atoms with Crippen LogP contribution in [0.3, 0.4) is 0 Å². The van der Waals surface area contributed by atoms with Crippen LogP contribution in [-0.2, 0) is 0 Å². The van der Waals surface area contributed by atoms with E-state index in [0.29, 0.717) is 0 Å². The van der Waals surface area contributed by atoms with E-state index in [1.54, 1.807) is 0 Å². The number of hydrogen-bond acceptors (Lipinski definition) is 1. The summed E-state index contributed by atoms with van der Waals surface area (Å²) >= 11 is 0. The molecule has 8 aromatic rings. The molecule has 0 unspecified atom stereocenters. The van der Waals surface area contributed by atoms with Gasteiger partial charge in [-0.15, -0.1) is 0 Å². The SMILES string of the molecule is Cc1cccc(N(c2ccc(-c3ccccc3)cc2)c2ccc(-c3ccc4c(c3)c3ccccc3n4-c3ccccc3)cc2)c1. The fourth-order valence-electron chi connectivity index (χ4n) is 6.46. The van der Waals surface area contributed by atoms with Crippen LogP contribution < -0.4 is 4.90 Å². The van der Waals surface area contributed by atoms with E-state index in [1.807, 2.05) is 0 Å². The van der Waals surface area contributed by atoms with Gasteiger partial charge in [0.05, 0.1) is 11.0 Å². The molecule has 0 aliphatic rings. The normalized spacial score (nSPS) is 11.2. The van der Waals surface area contributed by atoms with Gasteiger partial charge in [0.25, 0.3) is 0 Å². The Morgan fingerprint density at radius 2 is 0.933 bits per heavy atom. The highest BCUT2D eigenvalue weighted by Crippen LogP contribution is 2.38. The van der Waals surface area contributed by atoms with Crippen LogP contribution in [0.5, 0.6) is 0 Å². The maximum atomic E-state index is 2.36. The molecule has 1 heterocycles. The van der Waals surface area contributed by atoms with Gasteiger partial charge >= 0.3 is 0 Å². The molecule has 0 N–H and O–H groups in total. The minimum Gasteiger partial charge on any atom is -0.310 e. The van der Waals surface area contributed by atoms with Crippen molar-refractivity contribution in [1.82, 2.24) is 4.57 Å². The summed E-state index contributed by atoms with van der Waals surface area (Å²) in [6, 6.07) is 63.2. The molecule has 0 saturated carbocycles. The molecule has 7 aromatic carbocycles. The molecular formula is C43H32N2. The average molecular weight is 577 g/mol. The molecular weight excluding hydrogens is 544 g/mol. The Balaban J connectivity index is 1.19. The van der Waals surface area contributed by atoms with E-state index >= 15 is 0 Å². The highest BCUT2D eigenvalue weighted by Gasteiger charge is 2.15. The first-order valence-electron chi connectivity index (χ1n) is 15.4. The molecule has 0 saturated heterocycles. The molecule has 0 aliphatic heterocycles. The van der Waals surface area contributed by atoms with Crippen molar-refractivity contribution in [2.75, 3.05) is 4.90 Å². The van der Waals surface area contributed by atoms with Crippen LogP contribution in [0.25, 0.3) is 49.7 Å². The van der Waals surface area contributed by atoms with Gasteiger partial charge in [-0.2, -0.15) is 0 Å². The Hall–Kier alpha value is -5.86. The van der Waals surface area contributed by atoms with Crippen molar-refractivity contribution >= 4 is 38.9 Å². The number of hydrogen-bond donors (Lipinski definition) is 0. The maximum absolute atomic E-state index is 2.36. The van der Waals surface area contributed by atoms with E-state index in [-0.39, 0.29) is 0 Å². The van der Waals surface area contributed by atoms with Crippen LogP contribution in [-0.4, -0.2) is 4.57 Å². The smallest absolute Gasteiger partial charge is 0.0541 e. The summed E-state index contributed by atoms with van der Waals surface area (Å²) in [5.41, 5.74) is 13.1. The second-order valence-corrected chi connectivity index (χ2v) is 11.6. The summed E-state index contributed by atoms with van der Waals surface area (Å²) in [5, 5.41) is 2.52. The van der Waals surface area contributed by atoms with Gasteiger partial charge in [-0.05, 0) is 101 Å². The molecule has 0 spiro atoms. The molecule has 8 rings (SSSR count). The number of para-hydroxylation sites is 2. The lowest BCUT2D eigenvalue weighted by Gasteiger charge is -2.26. The number of nitrogens with zero attached hydrogens (tertiary/aromatic N) is 2. The minimum atomic E-state index is 1.12. The van der Waals surface area contributed by atoms with Crippen LogP contribution in [0.2, 0.25) is 0 Å². The highest BCUT2D eigenvalue weighted by atomic mass is 15.1. The van der Waals surface area contributed by atoms with Gasteiger partial charge in [0.15, 0.2) is 0 Å². The van der Waals surface area contributed by atoms with Crippen LogP contribution in [0.1, 0.15) is 5.56 Å². The summed E-state index contributed by atoms with van der Waals surface area (Å²) in [5.74, 6) is 0. The lowest BCUT2D eigenvalue weighted by molar-refractivity contribution is 1.18. The summed E-state index contributed by atoms with van der Waals surface area (Å²) in [4.78, 5) is 2.34. The monoisotopic (exact) mass is 576 g/mol. The quantitative estimate of drug-likeness (QED) is 0.191. The standard InChI is InChI=1S/C43H32N2/c1-31-11-10-16-39(29-31)44(37-24-19-33(20-25-37)32-12-4-2-5-13-32)38-26-21-34(22-27-38)35-23-28-43-41(30-35)40-17-8-9-18-42(40)45(43)36-14-6-3-7-15-36/h2-30H,1H3. The molecule has 0 atom stereocenters. The number of aromatic nitrogens is 1. The Kier molecular flexibility index (Phi) is 6.73. The van der Waals surface area contributed by atoms with Crippen molar-refractivity contribution in [3.8, 4) is 27.9 Å². The Labute approximate surface area is 264 Å². The Morgan fingerprint density at radius 3 is 1.62 bits per heavy atom. The van der Waals surface area contributed by atoms with E-state index < -0.39 is 0 Å².